The van der Waals surface area contributed by atoms with Gasteiger partial charge >= 0.3 is 0 Å². The molecular formula is C19H22N4O5. The van der Waals surface area contributed by atoms with Gasteiger partial charge in [0.25, 0.3) is 11.8 Å². The summed E-state index contributed by atoms with van der Waals surface area (Å²) in [5, 5.41) is 8.73. The number of hydrogen-bond acceptors (Lipinski definition) is 7. The molecule has 3 N–H and O–H groups in total. The summed E-state index contributed by atoms with van der Waals surface area (Å²) in [6.07, 6.45) is 0.312. The molecule has 0 aliphatic carbocycles. The third-order valence-corrected chi connectivity index (χ3v) is 5.25. The van der Waals surface area contributed by atoms with Crippen molar-refractivity contribution < 1.29 is 23.9 Å². The lowest BCUT2D eigenvalue weighted by Gasteiger charge is -2.27. The summed E-state index contributed by atoms with van der Waals surface area (Å²) in [6.45, 7) is 3.30. The number of carbonyl (C=O) groups excluding carboxylic acids is 4. The van der Waals surface area contributed by atoms with Crippen molar-refractivity contribution in [3.05, 3.63) is 34.9 Å². The zero-order valence-electron chi connectivity index (χ0n) is 15.3. The fourth-order valence-electron chi connectivity index (χ4n) is 3.85. The average molecular weight is 386 g/mol. The maximum atomic E-state index is 13.0. The van der Waals surface area contributed by atoms with Gasteiger partial charge in [-0.3, -0.25) is 29.4 Å². The summed E-state index contributed by atoms with van der Waals surface area (Å²) in [4.78, 5) is 50.3. The molecule has 0 aromatic heterocycles. The number of imide groups is 2. The Morgan fingerprint density at radius 1 is 1.18 bits per heavy atom. The van der Waals surface area contributed by atoms with Crippen LogP contribution in [0.15, 0.2) is 18.2 Å². The maximum absolute atomic E-state index is 13.0. The molecule has 28 heavy (non-hydrogen) atoms. The van der Waals surface area contributed by atoms with Crippen LogP contribution >= 0.6 is 0 Å². The van der Waals surface area contributed by atoms with Crippen LogP contribution < -0.4 is 16.0 Å². The molecule has 9 heteroatoms. The van der Waals surface area contributed by atoms with E-state index in [2.05, 4.69) is 16.0 Å². The van der Waals surface area contributed by atoms with Crippen molar-refractivity contribution >= 4 is 23.6 Å². The predicted molar refractivity (Wildman–Crippen MR) is 97.4 cm³/mol. The number of amides is 4. The first-order valence-corrected chi connectivity index (χ1v) is 9.43. The molecule has 0 radical (unpaired) electrons. The number of benzene rings is 1. The van der Waals surface area contributed by atoms with Crippen LogP contribution in [0.2, 0.25) is 0 Å². The second-order valence-electron chi connectivity index (χ2n) is 7.11. The second kappa shape index (κ2) is 7.78. The predicted octanol–water partition coefficient (Wildman–Crippen LogP) is -0.834. The van der Waals surface area contributed by atoms with Crippen molar-refractivity contribution in [1.29, 1.82) is 0 Å². The van der Waals surface area contributed by atoms with Gasteiger partial charge in [-0.1, -0.05) is 12.1 Å². The fourth-order valence-corrected chi connectivity index (χ4v) is 3.85. The number of fused-ring (bicyclic) bond motifs is 1. The molecule has 3 aliphatic rings. The summed E-state index contributed by atoms with van der Waals surface area (Å²) in [5.41, 5.74) is 1.33. The van der Waals surface area contributed by atoms with Gasteiger partial charge in [-0.25, -0.2) is 0 Å². The van der Waals surface area contributed by atoms with Crippen LogP contribution in [-0.2, 0) is 20.9 Å². The molecule has 9 nitrogen and oxygen atoms in total. The van der Waals surface area contributed by atoms with Gasteiger partial charge in [0.1, 0.15) is 6.04 Å². The number of rotatable bonds is 5. The van der Waals surface area contributed by atoms with Gasteiger partial charge in [0.15, 0.2) is 0 Å². The number of ether oxygens (including phenoxy) is 1. The highest BCUT2D eigenvalue weighted by Gasteiger charge is 2.45. The highest BCUT2D eigenvalue weighted by atomic mass is 16.5. The molecule has 1 aromatic rings. The van der Waals surface area contributed by atoms with Crippen LogP contribution in [0.4, 0.5) is 0 Å². The van der Waals surface area contributed by atoms with E-state index >= 15 is 0 Å². The minimum absolute atomic E-state index is 0.0582. The van der Waals surface area contributed by atoms with Crippen molar-refractivity contribution in [2.45, 2.75) is 31.5 Å². The van der Waals surface area contributed by atoms with Crippen molar-refractivity contribution in [3.63, 3.8) is 0 Å². The zero-order chi connectivity index (χ0) is 19.7. The maximum Gasteiger partial charge on any atom is 0.262 e. The Morgan fingerprint density at radius 3 is 2.79 bits per heavy atom. The summed E-state index contributed by atoms with van der Waals surface area (Å²) >= 11 is 0. The second-order valence-corrected chi connectivity index (χ2v) is 7.11. The fraction of sp³-hybridized carbons (Fsp3) is 0.474. The molecule has 0 saturated carbocycles. The summed E-state index contributed by atoms with van der Waals surface area (Å²) < 4.78 is 5.64. The van der Waals surface area contributed by atoms with Gasteiger partial charge in [-0.2, -0.15) is 0 Å². The van der Waals surface area contributed by atoms with Gasteiger partial charge in [-0.15, -0.1) is 0 Å². The van der Waals surface area contributed by atoms with E-state index in [-0.39, 0.29) is 24.9 Å². The SMILES string of the molecule is O=C1CCC(N2C(=O)c3cccc(CNC[C@@H]4CNCCO4)c3C2=O)C(=O)N1. The molecule has 2 saturated heterocycles. The van der Waals surface area contributed by atoms with Crippen LogP contribution in [-0.4, -0.2) is 66.9 Å². The Hall–Kier alpha value is -2.62. The van der Waals surface area contributed by atoms with E-state index in [4.69, 9.17) is 4.74 Å². The van der Waals surface area contributed by atoms with E-state index in [0.717, 1.165) is 18.0 Å². The first-order valence-electron chi connectivity index (χ1n) is 9.43. The number of nitrogens with zero attached hydrogens (tertiary/aromatic N) is 1. The quantitative estimate of drug-likeness (QED) is 0.565. The Morgan fingerprint density at radius 2 is 2.04 bits per heavy atom. The van der Waals surface area contributed by atoms with Gasteiger partial charge < -0.3 is 15.4 Å². The first-order chi connectivity index (χ1) is 13.6. The van der Waals surface area contributed by atoms with Crippen LogP contribution in [0.25, 0.3) is 0 Å². The number of hydrogen-bond donors (Lipinski definition) is 3. The summed E-state index contributed by atoms with van der Waals surface area (Å²) in [7, 11) is 0. The number of morpholine rings is 1. The lowest BCUT2D eigenvalue weighted by atomic mass is 10.0. The third kappa shape index (κ3) is 3.44. The normalized spacial score (nSPS) is 25.1. The van der Waals surface area contributed by atoms with Crippen LogP contribution in [0.5, 0.6) is 0 Å². The molecule has 1 unspecified atom stereocenters. The highest BCUT2D eigenvalue weighted by molar-refractivity contribution is 6.24. The lowest BCUT2D eigenvalue weighted by Crippen LogP contribution is -2.54. The molecule has 4 amide bonds. The molecule has 0 spiro atoms. The monoisotopic (exact) mass is 386 g/mol. The lowest BCUT2D eigenvalue weighted by molar-refractivity contribution is -0.136. The number of carbonyl (C=O) groups is 4. The van der Waals surface area contributed by atoms with Crippen molar-refractivity contribution in [1.82, 2.24) is 20.9 Å². The molecule has 2 atom stereocenters. The van der Waals surface area contributed by atoms with Crippen molar-refractivity contribution in [2.24, 2.45) is 0 Å². The van der Waals surface area contributed by atoms with Gasteiger partial charge in [0.2, 0.25) is 11.8 Å². The molecule has 148 valence electrons. The molecule has 3 aliphatic heterocycles. The molecule has 0 bridgehead atoms. The van der Waals surface area contributed by atoms with Gasteiger partial charge in [0.05, 0.1) is 23.8 Å². The van der Waals surface area contributed by atoms with Crippen molar-refractivity contribution in [3.8, 4) is 0 Å². The Balaban J connectivity index is 1.49. The standard InChI is InChI=1S/C19H22N4O5/c24-15-5-4-14(17(25)22-15)23-18(26)13-3-1-2-11(16(13)19(23)27)8-21-10-12-9-20-6-7-28-12/h1-3,12,14,20-21H,4-10H2,(H,22,24,25)/t12-,14?/m0/s1. The van der Waals surface area contributed by atoms with Crippen LogP contribution in [0.1, 0.15) is 39.1 Å². The molecule has 3 heterocycles. The van der Waals surface area contributed by atoms with E-state index in [1.165, 1.54) is 0 Å². The Labute approximate surface area is 161 Å². The zero-order valence-corrected chi connectivity index (χ0v) is 15.3. The van der Waals surface area contributed by atoms with E-state index in [0.29, 0.717) is 36.4 Å². The van der Waals surface area contributed by atoms with Gasteiger partial charge in [0, 0.05) is 32.6 Å². The van der Waals surface area contributed by atoms with Gasteiger partial charge in [-0.05, 0) is 18.1 Å². The topological polar surface area (TPSA) is 117 Å². The van der Waals surface area contributed by atoms with Crippen LogP contribution in [0, 0.1) is 0 Å². The van der Waals surface area contributed by atoms with E-state index in [1.807, 2.05) is 0 Å². The molecule has 4 rings (SSSR count). The molecule has 1 aromatic carbocycles. The Kier molecular flexibility index (Phi) is 5.21. The van der Waals surface area contributed by atoms with Crippen LogP contribution in [0.3, 0.4) is 0 Å². The highest BCUT2D eigenvalue weighted by Crippen LogP contribution is 2.29. The number of piperidine rings is 1. The third-order valence-electron chi connectivity index (χ3n) is 5.25. The molecular weight excluding hydrogens is 364 g/mol. The number of nitrogens with one attached hydrogen (secondary N) is 3. The first kappa shape index (κ1) is 18.7. The van der Waals surface area contributed by atoms with E-state index in [9.17, 15) is 19.2 Å². The molecule has 2 fully saturated rings. The Bertz CT molecular complexity index is 834. The summed E-state index contributed by atoms with van der Waals surface area (Å²) in [6, 6.07) is 4.17. The average Bonchev–Trinajstić information content (AvgIpc) is 2.94. The largest absolute Gasteiger partial charge is 0.374 e. The van der Waals surface area contributed by atoms with E-state index < -0.39 is 23.8 Å². The minimum Gasteiger partial charge on any atom is -0.374 e. The van der Waals surface area contributed by atoms with Crippen molar-refractivity contribution in [2.75, 3.05) is 26.2 Å². The smallest absolute Gasteiger partial charge is 0.262 e. The minimum atomic E-state index is -0.951. The van der Waals surface area contributed by atoms with E-state index in [1.54, 1.807) is 18.2 Å². The summed E-state index contributed by atoms with van der Waals surface area (Å²) in [5.74, 6) is -1.96.